The molecule has 0 N–H and O–H groups in total. The molecule has 3 rings (SSSR count). The fourth-order valence-electron chi connectivity index (χ4n) is 3.29. The van der Waals surface area contributed by atoms with Crippen LogP contribution >= 0.6 is 0 Å². The van der Waals surface area contributed by atoms with Crippen LogP contribution in [0.5, 0.6) is 5.75 Å². The first-order valence-electron chi connectivity index (χ1n) is 8.60. The standard InChI is InChI=1S/C18H24N2O4/c1-2-23-18(22)20-10-8-19(9-11-20)17(21)15-7-12-24-16-6-4-3-5-14(16)13-15/h3-6,15H,2,7-13H2,1H3. The van der Waals surface area contributed by atoms with E-state index in [2.05, 4.69) is 0 Å². The molecule has 0 bridgehead atoms. The number of ether oxygens (including phenoxy) is 2. The summed E-state index contributed by atoms with van der Waals surface area (Å²) in [5.41, 5.74) is 1.10. The Bertz CT molecular complexity index is 596. The summed E-state index contributed by atoms with van der Waals surface area (Å²) >= 11 is 0. The number of nitrogens with zero attached hydrogens (tertiary/aromatic N) is 2. The van der Waals surface area contributed by atoms with Crippen molar-refractivity contribution < 1.29 is 19.1 Å². The van der Waals surface area contributed by atoms with E-state index in [0.29, 0.717) is 45.8 Å². The second kappa shape index (κ2) is 7.55. The SMILES string of the molecule is CCOC(=O)N1CCN(C(=O)C2CCOc3ccccc3C2)CC1. The molecule has 0 spiro atoms. The highest BCUT2D eigenvalue weighted by Gasteiger charge is 2.31. The smallest absolute Gasteiger partial charge is 0.409 e. The molecule has 0 aliphatic carbocycles. The van der Waals surface area contributed by atoms with E-state index in [1.807, 2.05) is 29.2 Å². The normalized spacial score (nSPS) is 20.6. The van der Waals surface area contributed by atoms with Gasteiger partial charge in [-0.1, -0.05) is 18.2 Å². The Labute approximate surface area is 142 Å². The lowest BCUT2D eigenvalue weighted by molar-refractivity contribution is -0.137. The summed E-state index contributed by atoms with van der Waals surface area (Å²) in [6.07, 6.45) is 1.15. The molecule has 1 unspecified atom stereocenters. The molecular formula is C18H24N2O4. The Kier molecular flexibility index (Phi) is 5.23. The molecule has 1 saturated heterocycles. The number of hydrogen-bond acceptors (Lipinski definition) is 4. The maximum atomic E-state index is 12.9. The molecule has 1 atom stereocenters. The molecule has 2 aliphatic rings. The van der Waals surface area contributed by atoms with Crippen molar-refractivity contribution in [2.24, 2.45) is 5.92 Å². The van der Waals surface area contributed by atoms with E-state index in [1.54, 1.807) is 11.8 Å². The van der Waals surface area contributed by atoms with Crippen LogP contribution in [0.25, 0.3) is 0 Å². The lowest BCUT2D eigenvalue weighted by Gasteiger charge is -2.35. The van der Waals surface area contributed by atoms with Crippen molar-refractivity contribution in [1.29, 1.82) is 0 Å². The Morgan fingerprint density at radius 2 is 1.88 bits per heavy atom. The Morgan fingerprint density at radius 1 is 1.17 bits per heavy atom. The van der Waals surface area contributed by atoms with E-state index in [9.17, 15) is 9.59 Å². The first kappa shape index (κ1) is 16.6. The molecule has 6 heteroatoms. The number of carbonyl (C=O) groups excluding carboxylic acids is 2. The number of para-hydroxylation sites is 1. The highest BCUT2D eigenvalue weighted by atomic mass is 16.6. The molecule has 2 aliphatic heterocycles. The zero-order valence-electron chi connectivity index (χ0n) is 14.1. The van der Waals surface area contributed by atoms with E-state index in [0.717, 1.165) is 17.7 Å². The second-order valence-electron chi connectivity index (χ2n) is 6.16. The zero-order chi connectivity index (χ0) is 16.9. The van der Waals surface area contributed by atoms with Crippen LogP contribution in [0.4, 0.5) is 4.79 Å². The van der Waals surface area contributed by atoms with Crippen molar-refractivity contribution in [3.63, 3.8) is 0 Å². The van der Waals surface area contributed by atoms with Crippen LogP contribution in [-0.2, 0) is 16.0 Å². The van der Waals surface area contributed by atoms with Gasteiger partial charge in [0.2, 0.25) is 5.91 Å². The van der Waals surface area contributed by atoms with E-state index >= 15 is 0 Å². The monoisotopic (exact) mass is 332 g/mol. The minimum absolute atomic E-state index is 0.0530. The van der Waals surface area contributed by atoms with Crippen LogP contribution in [0.3, 0.4) is 0 Å². The molecule has 6 nitrogen and oxygen atoms in total. The third-order valence-electron chi connectivity index (χ3n) is 4.63. The van der Waals surface area contributed by atoms with Gasteiger partial charge in [0.1, 0.15) is 5.75 Å². The molecular weight excluding hydrogens is 308 g/mol. The molecule has 0 aromatic heterocycles. The predicted molar refractivity (Wildman–Crippen MR) is 88.9 cm³/mol. The Balaban J connectivity index is 1.58. The van der Waals surface area contributed by atoms with Crippen molar-refractivity contribution in [2.75, 3.05) is 39.4 Å². The average molecular weight is 332 g/mol. The Morgan fingerprint density at radius 3 is 2.62 bits per heavy atom. The highest BCUT2D eigenvalue weighted by molar-refractivity contribution is 5.80. The maximum Gasteiger partial charge on any atom is 0.409 e. The summed E-state index contributed by atoms with van der Waals surface area (Å²) in [5, 5.41) is 0. The van der Waals surface area contributed by atoms with Gasteiger partial charge in [-0.25, -0.2) is 4.79 Å². The summed E-state index contributed by atoms with van der Waals surface area (Å²) in [4.78, 5) is 28.1. The quantitative estimate of drug-likeness (QED) is 0.830. The lowest BCUT2D eigenvalue weighted by Crippen LogP contribution is -2.52. The first-order valence-corrected chi connectivity index (χ1v) is 8.60. The fraction of sp³-hybridized carbons (Fsp3) is 0.556. The van der Waals surface area contributed by atoms with E-state index in [4.69, 9.17) is 9.47 Å². The van der Waals surface area contributed by atoms with Gasteiger partial charge in [-0.05, 0) is 31.4 Å². The van der Waals surface area contributed by atoms with Crippen LogP contribution in [0.2, 0.25) is 0 Å². The number of fused-ring (bicyclic) bond motifs is 1. The van der Waals surface area contributed by atoms with Crippen molar-refractivity contribution >= 4 is 12.0 Å². The van der Waals surface area contributed by atoms with Crippen molar-refractivity contribution in [3.8, 4) is 5.75 Å². The zero-order valence-corrected chi connectivity index (χ0v) is 14.1. The van der Waals surface area contributed by atoms with Gasteiger partial charge in [0.15, 0.2) is 0 Å². The topological polar surface area (TPSA) is 59.1 Å². The van der Waals surface area contributed by atoms with Crippen LogP contribution in [-0.4, -0.2) is 61.2 Å². The molecule has 130 valence electrons. The van der Waals surface area contributed by atoms with Crippen molar-refractivity contribution in [1.82, 2.24) is 9.80 Å². The Hall–Kier alpha value is -2.24. The van der Waals surface area contributed by atoms with Crippen LogP contribution in [0, 0.1) is 5.92 Å². The van der Waals surface area contributed by atoms with Gasteiger partial charge in [-0.15, -0.1) is 0 Å². The van der Waals surface area contributed by atoms with Gasteiger partial charge in [0.05, 0.1) is 13.2 Å². The van der Waals surface area contributed by atoms with E-state index in [1.165, 1.54) is 0 Å². The molecule has 1 aromatic rings. The number of benzene rings is 1. The van der Waals surface area contributed by atoms with Gasteiger partial charge < -0.3 is 19.3 Å². The second-order valence-corrected chi connectivity index (χ2v) is 6.16. The lowest BCUT2D eigenvalue weighted by atomic mass is 9.95. The van der Waals surface area contributed by atoms with Crippen molar-refractivity contribution in [3.05, 3.63) is 29.8 Å². The number of hydrogen-bond donors (Lipinski definition) is 0. The molecule has 24 heavy (non-hydrogen) atoms. The summed E-state index contributed by atoms with van der Waals surface area (Å²) in [5.74, 6) is 1.00. The first-order chi connectivity index (χ1) is 11.7. The average Bonchev–Trinajstić information content (AvgIpc) is 2.84. The third-order valence-corrected chi connectivity index (χ3v) is 4.63. The third kappa shape index (κ3) is 3.63. The molecule has 2 heterocycles. The molecule has 1 aromatic carbocycles. The van der Waals surface area contributed by atoms with Crippen LogP contribution < -0.4 is 4.74 Å². The summed E-state index contributed by atoms with van der Waals surface area (Å²) in [7, 11) is 0. The van der Waals surface area contributed by atoms with Gasteiger partial charge in [0, 0.05) is 32.1 Å². The molecule has 0 radical (unpaired) electrons. The van der Waals surface area contributed by atoms with Crippen LogP contribution in [0.15, 0.2) is 24.3 Å². The number of amides is 2. The predicted octanol–water partition coefficient (Wildman–Crippen LogP) is 1.93. The minimum atomic E-state index is -0.290. The number of piperazine rings is 1. The fourth-order valence-corrected chi connectivity index (χ4v) is 3.29. The minimum Gasteiger partial charge on any atom is -0.493 e. The van der Waals surface area contributed by atoms with Gasteiger partial charge in [0.25, 0.3) is 0 Å². The van der Waals surface area contributed by atoms with Crippen molar-refractivity contribution in [2.45, 2.75) is 19.8 Å². The summed E-state index contributed by atoms with van der Waals surface area (Å²) < 4.78 is 10.8. The summed E-state index contributed by atoms with van der Waals surface area (Å²) in [6.45, 7) is 4.93. The van der Waals surface area contributed by atoms with Gasteiger partial charge in [-0.3, -0.25) is 4.79 Å². The highest BCUT2D eigenvalue weighted by Crippen LogP contribution is 2.27. The number of rotatable bonds is 2. The molecule has 0 saturated carbocycles. The summed E-state index contributed by atoms with van der Waals surface area (Å²) in [6, 6.07) is 7.92. The molecule has 2 amide bonds. The largest absolute Gasteiger partial charge is 0.493 e. The van der Waals surface area contributed by atoms with Crippen LogP contribution in [0.1, 0.15) is 18.9 Å². The van der Waals surface area contributed by atoms with Gasteiger partial charge >= 0.3 is 6.09 Å². The van der Waals surface area contributed by atoms with E-state index < -0.39 is 0 Å². The maximum absolute atomic E-state index is 12.9. The number of carbonyl (C=O) groups is 2. The molecule has 1 fully saturated rings. The van der Waals surface area contributed by atoms with Gasteiger partial charge in [-0.2, -0.15) is 0 Å². The van der Waals surface area contributed by atoms with E-state index in [-0.39, 0.29) is 17.9 Å².